The Balaban J connectivity index is 1.66. The molecule has 2 aliphatic heterocycles. The molecule has 27 heavy (non-hydrogen) atoms. The maximum atomic E-state index is 12.8. The molecule has 1 atom stereocenters. The smallest absolute Gasteiger partial charge is 0.317 e. The van der Waals surface area contributed by atoms with Crippen LogP contribution in [0.25, 0.3) is 0 Å². The van der Waals surface area contributed by atoms with E-state index in [9.17, 15) is 9.59 Å². The summed E-state index contributed by atoms with van der Waals surface area (Å²) in [6.45, 7) is 3.91. The van der Waals surface area contributed by atoms with Crippen LogP contribution in [-0.4, -0.2) is 48.3 Å². The minimum atomic E-state index is -0.914. The van der Waals surface area contributed by atoms with E-state index in [1.807, 2.05) is 17.9 Å². The summed E-state index contributed by atoms with van der Waals surface area (Å²) < 4.78 is 11.6. The van der Waals surface area contributed by atoms with Crippen LogP contribution in [0.1, 0.15) is 56.2 Å². The van der Waals surface area contributed by atoms with Crippen LogP contribution in [0.15, 0.2) is 12.1 Å². The van der Waals surface area contributed by atoms with Crippen LogP contribution in [0.4, 0.5) is 4.79 Å². The molecule has 2 amide bonds. The molecule has 3 aliphatic rings. The van der Waals surface area contributed by atoms with E-state index in [1.165, 1.54) is 5.56 Å². The van der Waals surface area contributed by atoms with Gasteiger partial charge in [-0.25, -0.2) is 4.79 Å². The molecular formula is C20H26N2O5. The van der Waals surface area contributed by atoms with E-state index in [2.05, 4.69) is 11.4 Å². The molecule has 1 fully saturated rings. The number of carbonyl (C=O) groups is 2. The van der Waals surface area contributed by atoms with E-state index in [0.717, 1.165) is 42.7 Å². The van der Waals surface area contributed by atoms with E-state index in [4.69, 9.17) is 14.6 Å². The lowest BCUT2D eigenvalue weighted by molar-refractivity contribution is -0.136. The molecule has 146 valence electrons. The largest absolute Gasteiger partial charge is 0.486 e. The molecule has 1 saturated carbocycles. The number of ether oxygens (including phenoxy) is 2. The lowest BCUT2D eigenvalue weighted by Gasteiger charge is -2.46. The Hall–Kier alpha value is -2.44. The highest BCUT2D eigenvalue weighted by Crippen LogP contribution is 2.51. The van der Waals surface area contributed by atoms with Gasteiger partial charge >= 0.3 is 12.0 Å². The third-order valence-corrected chi connectivity index (χ3v) is 6.11. The maximum absolute atomic E-state index is 12.8. The van der Waals surface area contributed by atoms with Gasteiger partial charge in [-0.2, -0.15) is 0 Å². The molecule has 0 saturated heterocycles. The highest BCUT2D eigenvalue weighted by molar-refractivity contribution is 5.77. The van der Waals surface area contributed by atoms with Crippen LogP contribution in [-0.2, 0) is 10.2 Å². The molecular weight excluding hydrogens is 348 g/mol. The molecule has 1 aromatic carbocycles. The third kappa shape index (κ3) is 3.19. The number of aliphatic carboxylic acids is 1. The summed E-state index contributed by atoms with van der Waals surface area (Å²) in [6.07, 6.45) is 4.32. The number of carboxylic acid groups (broad SMARTS) is 1. The Labute approximate surface area is 158 Å². The number of benzene rings is 1. The number of nitrogens with zero attached hydrogens (tertiary/aromatic N) is 1. The van der Waals surface area contributed by atoms with Gasteiger partial charge in [0.1, 0.15) is 13.2 Å². The normalized spacial score (nSPS) is 22.4. The van der Waals surface area contributed by atoms with Gasteiger partial charge in [-0.1, -0.05) is 12.8 Å². The van der Waals surface area contributed by atoms with Crippen molar-refractivity contribution in [3.8, 4) is 11.5 Å². The van der Waals surface area contributed by atoms with Gasteiger partial charge in [0.15, 0.2) is 11.5 Å². The van der Waals surface area contributed by atoms with Crippen molar-refractivity contribution in [2.75, 3.05) is 26.3 Å². The topological polar surface area (TPSA) is 88.1 Å². The van der Waals surface area contributed by atoms with E-state index >= 15 is 0 Å². The predicted molar refractivity (Wildman–Crippen MR) is 98.4 cm³/mol. The van der Waals surface area contributed by atoms with Crippen LogP contribution in [0.5, 0.6) is 11.5 Å². The summed E-state index contributed by atoms with van der Waals surface area (Å²) in [5.41, 5.74) is 2.34. The zero-order chi connectivity index (χ0) is 19.0. The number of rotatable bonds is 3. The Bertz CT molecular complexity index is 757. The molecule has 0 radical (unpaired) electrons. The third-order valence-electron chi connectivity index (χ3n) is 6.11. The fourth-order valence-corrected chi connectivity index (χ4v) is 4.73. The number of hydrogen-bond donors (Lipinski definition) is 2. The first-order chi connectivity index (χ1) is 13.0. The van der Waals surface area contributed by atoms with Gasteiger partial charge in [-0.05, 0) is 43.0 Å². The Morgan fingerprint density at radius 2 is 1.89 bits per heavy atom. The van der Waals surface area contributed by atoms with Crippen molar-refractivity contribution < 1.29 is 24.2 Å². The van der Waals surface area contributed by atoms with Crippen molar-refractivity contribution in [3.05, 3.63) is 23.3 Å². The van der Waals surface area contributed by atoms with Crippen LogP contribution >= 0.6 is 0 Å². The van der Waals surface area contributed by atoms with Gasteiger partial charge < -0.3 is 24.8 Å². The van der Waals surface area contributed by atoms with Crippen molar-refractivity contribution >= 4 is 12.0 Å². The minimum Gasteiger partial charge on any atom is -0.486 e. The molecule has 1 aliphatic carbocycles. The number of urea groups is 1. The maximum Gasteiger partial charge on any atom is 0.317 e. The first-order valence-corrected chi connectivity index (χ1v) is 9.70. The molecule has 0 aromatic heterocycles. The van der Waals surface area contributed by atoms with E-state index in [0.29, 0.717) is 19.8 Å². The monoisotopic (exact) mass is 374 g/mol. The van der Waals surface area contributed by atoms with Gasteiger partial charge in [-0.3, -0.25) is 4.79 Å². The fraction of sp³-hybridized carbons (Fsp3) is 0.600. The quantitative estimate of drug-likeness (QED) is 0.849. The van der Waals surface area contributed by atoms with Crippen LogP contribution in [0.2, 0.25) is 0 Å². The fourth-order valence-electron chi connectivity index (χ4n) is 4.73. The molecule has 2 N–H and O–H groups in total. The highest BCUT2D eigenvalue weighted by Gasteiger charge is 2.46. The van der Waals surface area contributed by atoms with Gasteiger partial charge in [-0.15, -0.1) is 0 Å². The number of hydrogen-bond acceptors (Lipinski definition) is 4. The number of carboxylic acids is 1. The minimum absolute atomic E-state index is 0.0538. The van der Waals surface area contributed by atoms with Crippen molar-refractivity contribution in [2.45, 2.75) is 50.5 Å². The lowest BCUT2D eigenvalue weighted by Crippen LogP contribution is -2.52. The standard InChI is InChI=1S/C20H26N2O5/c1-13-14-10-16-17(27-9-8-26-16)11-15(14)20(5-2-3-6-20)12-22(13)19(25)21-7-4-18(23)24/h10-11,13H,2-9,12H2,1H3,(H,21,25)(H,23,24). The first-order valence-electron chi connectivity index (χ1n) is 9.70. The second-order valence-electron chi connectivity index (χ2n) is 7.75. The first kappa shape index (κ1) is 17.9. The zero-order valence-electron chi connectivity index (χ0n) is 15.6. The summed E-state index contributed by atoms with van der Waals surface area (Å²) in [4.78, 5) is 25.4. The molecule has 0 bridgehead atoms. The van der Waals surface area contributed by atoms with Gasteiger partial charge in [0.2, 0.25) is 0 Å². The molecule has 1 spiro atoms. The Morgan fingerprint density at radius 3 is 2.56 bits per heavy atom. The van der Waals surface area contributed by atoms with Gasteiger partial charge in [0, 0.05) is 18.5 Å². The van der Waals surface area contributed by atoms with Crippen molar-refractivity contribution in [1.82, 2.24) is 10.2 Å². The zero-order valence-corrected chi connectivity index (χ0v) is 15.6. The molecule has 2 heterocycles. The summed E-state index contributed by atoms with van der Waals surface area (Å²) in [6, 6.07) is 3.86. The summed E-state index contributed by atoms with van der Waals surface area (Å²) in [5.74, 6) is 0.634. The van der Waals surface area contributed by atoms with E-state index < -0.39 is 5.97 Å². The molecule has 7 heteroatoms. The van der Waals surface area contributed by atoms with Crippen molar-refractivity contribution in [3.63, 3.8) is 0 Å². The molecule has 4 rings (SSSR count). The SMILES string of the molecule is CC1c2cc3c(cc2C2(CCCC2)CN1C(=O)NCCC(=O)O)OCCO3. The Morgan fingerprint density at radius 1 is 1.22 bits per heavy atom. The van der Waals surface area contributed by atoms with Gasteiger partial charge in [0.25, 0.3) is 0 Å². The average molecular weight is 374 g/mol. The lowest BCUT2D eigenvalue weighted by atomic mass is 9.71. The summed E-state index contributed by atoms with van der Waals surface area (Å²) in [7, 11) is 0. The van der Waals surface area contributed by atoms with Gasteiger partial charge in [0.05, 0.1) is 12.5 Å². The predicted octanol–water partition coefficient (Wildman–Crippen LogP) is 2.83. The van der Waals surface area contributed by atoms with Crippen LogP contribution < -0.4 is 14.8 Å². The number of fused-ring (bicyclic) bond motifs is 3. The Kier molecular flexibility index (Phi) is 4.61. The van der Waals surface area contributed by atoms with Crippen LogP contribution in [0.3, 0.4) is 0 Å². The average Bonchev–Trinajstić information content (AvgIpc) is 3.12. The van der Waals surface area contributed by atoms with E-state index in [1.54, 1.807) is 0 Å². The summed E-state index contributed by atoms with van der Waals surface area (Å²) in [5, 5.41) is 11.6. The van der Waals surface area contributed by atoms with E-state index in [-0.39, 0.29) is 30.5 Å². The number of nitrogens with one attached hydrogen (secondary N) is 1. The molecule has 7 nitrogen and oxygen atoms in total. The number of amides is 2. The number of carbonyl (C=O) groups excluding carboxylic acids is 1. The highest BCUT2D eigenvalue weighted by atomic mass is 16.6. The second-order valence-corrected chi connectivity index (χ2v) is 7.75. The molecule has 1 aromatic rings. The summed E-state index contributed by atoms with van der Waals surface area (Å²) >= 11 is 0. The van der Waals surface area contributed by atoms with Crippen molar-refractivity contribution in [1.29, 1.82) is 0 Å². The second kappa shape index (κ2) is 6.94. The van der Waals surface area contributed by atoms with Crippen molar-refractivity contribution in [2.24, 2.45) is 0 Å². The molecule has 1 unspecified atom stereocenters. The van der Waals surface area contributed by atoms with Crippen LogP contribution in [0, 0.1) is 0 Å².